The third-order valence-electron chi connectivity index (χ3n) is 2.32. The maximum atomic E-state index is 6.22. The minimum Gasteiger partial charge on any atom is -0.255 e. The van der Waals surface area contributed by atoms with Crippen LogP contribution in [-0.2, 0) is 0 Å². The monoisotopic (exact) mass is 269 g/mol. The molecule has 1 nitrogen and oxygen atoms in total. The lowest BCUT2D eigenvalue weighted by Crippen LogP contribution is -1.88. The highest BCUT2D eigenvalue weighted by Crippen LogP contribution is 2.32. The molecule has 0 spiro atoms. The third-order valence-corrected chi connectivity index (χ3v) is 3.55. The molecule has 0 N–H and O–H groups in total. The number of hydrogen-bond donors (Lipinski definition) is 0. The molecule has 2 aromatic rings. The predicted octanol–water partition coefficient (Wildman–Crippen LogP) is 4.27. The van der Waals surface area contributed by atoms with Crippen LogP contribution in [0.2, 0.25) is 5.02 Å². The molecule has 0 fully saturated rings. The second-order valence-corrected chi connectivity index (χ2v) is 4.58. The molecule has 1 aromatic heterocycles. The molecule has 0 atom stereocenters. The van der Waals surface area contributed by atoms with Crippen LogP contribution in [0.15, 0.2) is 22.8 Å². The fourth-order valence-electron chi connectivity index (χ4n) is 1.54. The summed E-state index contributed by atoms with van der Waals surface area (Å²) in [6.07, 6.45) is 1.75. The van der Waals surface area contributed by atoms with Gasteiger partial charge in [-0.15, -0.1) is 0 Å². The molecule has 0 amide bonds. The Labute approximate surface area is 96.2 Å². The fourth-order valence-corrected chi connectivity index (χ4v) is 2.12. The Balaban J connectivity index is 3.01. The highest BCUT2D eigenvalue weighted by molar-refractivity contribution is 9.10. The van der Waals surface area contributed by atoms with E-state index in [1.807, 2.05) is 13.8 Å². The van der Waals surface area contributed by atoms with Gasteiger partial charge in [0, 0.05) is 11.6 Å². The maximum absolute atomic E-state index is 6.22. The van der Waals surface area contributed by atoms with Crippen molar-refractivity contribution in [3.8, 4) is 0 Å². The minimum atomic E-state index is 0.746. The molecule has 3 heteroatoms. The van der Waals surface area contributed by atoms with E-state index >= 15 is 0 Å². The van der Waals surface area contributed by atoms with Gasteiger partial charge in [0.15, 0.2) is 0 Å². The van der Waals surface area contributed by atoms with Gasteiger partial charge in [0.25, 0.3) is 0 Å². The largest absolute Gasteiger partial charge is 0.255 e. The smallest absolute Gasteiger partial charge is 0.0749 e. The van der Waals surface area contributed by atoms with E-state index in [1.165, 1.54) is 0 Å². The van der Waals surface area contributed by atoms with Crippen LogP contribution in [0.5, 0.6) is 0 Å². The standard InChI is InChI=1S/C11H9BrClN/c1-6-3-4-7(2)11-9(6)10(13)8(12)5-14-11/h3-5H,1-2H3. The van der Waals surface area contributed by atoms with Crippen molar-refractivity contribution in [1.29, 1.82) is 0 Å². The molecular weight excluding hydrogens is 261 g/mol. The number of halogens is 2. The van der Waals surface area contributed by atoms with Gasteiger partial charge in [0.05, 0.1) is 15.0 Å². The molecule has 14 heavy (non-hydrogen) atoms. The summed E-state index contributed by atoms with van der Waals surface area (Å²) in [6.45, 7) is 4.08. The lowest BCUT2D eigenvalue weighted by Gasteiger charge is -2.07. The van der Waals surface area contributed by atoms with Gasteiger partial charge >= 0.3 is 0 Å². The molecule has 0 saturated carbocycles. The average Bonchev–Trinajstić information content (AvgIpc) is 2.16. The number of aromatic nitrogens is 1. The number of fused-ring (bicyclic) bond motifs is 1. The summed E-state index contributed by atoms with van der Waals surface area (Å²) in [5.41, 5.74) is 3.29. The summed E-state index contributed by atoms with van der Waals surface area (Å²) >= 11 is 9.60. The van der Waals surface area contributed by atoms with Gasteiger partial charge < -0.3 is 0 Å². The van der Waals surface area contributed by atoms with E-state index in [1.54, 1.807) is 6.20 Å². The van der Waals surface area contributed by atoms with E-state index < -0.39 is 0 Å². The van der Waals surface area contributed by atoms with Crippen molar-refractivity contribution in [3.05, 3.63) is 39.0 Å². The Morgan fingerprint density at radius 3 is 2.57 bits per heavy atom. The van der Waals surface area contributed by atoms with E-state index in [4.69, 9.17) is 11.6 Å². The molecule has 0 bridgehead atoms. The average molecular weight is 271 g/mol. The number of rotatable bonds is 0. The van der Waals surface area contributed by atoms with Crippen molar-refractivity contribution in [2.24, 2.45) is 0 Å². The normalized spacial score (nSPS) is 10.9. The Morgan fingerprint density at radius 1 is 1.21 bits per heavy atom. The Hall–Kier alpha value is -0.600. The van der Waals surface area contributed by atoms with Crippen LogP contribution in [0.25, 0.3) is 10.9 Å². The summed E-state index contributed by atoms with van der Waals surface area (Å²) in [4.78, 5) is 4.37. The van der Waals surface area contributed by atoms with Crippen molar-refractivity contribution in [3.63, 3.8) is 0 Å². The molecule has 72 valence electrons. The minimum absolute atomic E-state index is 0.746. The van der Waals surface area contributed by atoms with E-state index in [0.717, 1.165) is 31.5 Å². The summed E-state index contributed by atoms with van der Waals surface area (Å²) < 4.78 is 0.848. The molecule has 1 heterocycles. The second kappa shape index (κ2) is 3.52. The van der Waals surface area contributed by atoms with Gasteiger partial charge in [-0.25, -0.2) is 0 Å². The lowest BCUT2D eigenvalue weighted by molar-refractivity contribution is 1.33. The number of hydrogen-bond acceptors (Lipinski definition) is 1. The van der Waals surface area contributed by atoms with Gasteiger partial charge in [-0.3, -0.25) is 4.98 Å². The molecule has 0 saturated heterocycles. The second-order valence-electron chi connectivity index (χ2n) is 3.34. The molecule has 0 radical (unpaired) electrons. The predicted molar refractivity (Wildman–Crippen MR) is 63.9 cm³/mol. The lowest BCUT2D eigenvalue weighted by atomic mass is 10.1. The molecule has 0 unspecified atom stereocenters. The zero-order valence-corrected chi connectivity index (χ0v) is 10.3. The highest BCUT2D eigenvalue weighted by Gasteiger charge is 2.08. The van der Waals surface area contributed by atoms with Crippen LogP contribution < -0.4 is 0 Å². The molecular formula is C11H9BrClN. The Morgan fingerprint density at radius 2 is 1.86 bits per heavy atom. The highest BCUT2D eigenvalue weighted by atomic mass is 79.9. The molecule has 2 rings (SSSR count). The van der Waals surface area contributed by atoms with E-state index in [0.29, 0.717) is 0 Å². The van der Waals surface area contributed by atoms with E-state index in [9.17, 15) is 0 Å². The first-order valence-electron chi connectivity index (χ1n) is 4.31. The van der Waals surface area contributed by atoms with Crippen molar-refractivity contribution < 1.29 is 0 Å². The van der Waals surface area contributed by atoms with Crippen LogP contribution in [0.4, 0.5) is 0 Å². The van der Waals surface area contributed by atoms with Crippen LogP contribution >= 0.6 is 27.5 Å². The van der Waals surface area contributed by atoms with Crippen molar-refractivity contribution in [2.45, 2.75) is 13.8 Å². The van der Waals surface area contributed by atoms with Gasteiger partial charge in [-0.1, -0.05) is 23.7 Å². The molecule has 0 aliphatic carbocycles. The first kappa shape index (κ1) is 9.94. The van der Waals surface area contributed by atoms with Crippen LogP contribution in [-0.4, -0.2) is 4.98 Å². The topological polar surface area (TPSA) is 12.9 Å². The van der Waals surface area contributed by atoms with Gasteiger partial charge in [-0.2, -0.15) is 0 Å². The molecule has 0 aliphatic rings. The number of pyridine rings is 1. The Bertz CT molecular complexity index is 508. The van der Waals surface area contributed by atoms with Gasteiger partial charge in [-0.05, 0) is 40.9 Å². The van der Waals surface area contributed by atoms with Crippen LogP contribution in [0, 0.1) is 13.8 Å². The number of benzene rings is 1. The van der Waals surface area contributed by atoms with Crippen molar-refractivity contribution in [1.82, 2.24) is 4.98 Å². The van der Waals surface area contributed by atoms with E-state index in [2.05, 4.69) is 33.0 Å². The van der Waals surface area contributed by atoms with Gasteiger partial charge in [0.2, 0.25) is 0 Å². The van der Waals surface area contributed by atoms with Crippen LogP contribution in [0.3, 0.4) is 0 Å². The van der Waals surface area contributed by atoms with Crippen molar-refractivity contribution >= 4 is 38.4 Å². The summed E-state index contributed by atoms with van der Waals surface area (Å²) in [7, 11) is 0. The van der Waals surface area contributed by atoms with Crippen molar-refractivity contribution in [2.75, 3.05) is 0 Å². The van der Waals surface area contributed by atoms with Gasteiger partial charge in [0.1, 0.15) is 0 Å². The van der Waals surface area contributed by atoms with E-state index in [-0.39, 0.29) is 0 Å². The third kappa shape index (κ3) is 1.43. The first-order chi connectivity index (χ1) is 6.61. The Kier molecular flexibility index (Phi) is 2.50. The first-order valence-corrected chi connectivity index (χ1v) is 5.48. The fraction of sp³-hybridized carbons (Fsp3) is 0.182. The zero-order valence-electron chi connectivity index (χ0n) is 7.94. The zero-order chi connectivity index (χ0) is 10.3. The summed E-state index contributed by atoms with van der Waals surface area (Å²) in [5.74, 6) is 0. The van der Waals surface area contributed by atoms with Crippen LogP contribution in [0.1, 0.15) is 11.1 Å². The molecule has 1 aromatic carbocycles. The summed E-state index contributed by atoms with van der Waals surface area (Å²) in [5, 5.41) is 1.79. The summed E-state index contributed by atoms with van der Waals surface area (Å²) in [6, 6.07) is 4.13. The quantitative estimate of drug-likeness (QED) is 0.697. The maximum Gasteiger partial charge on any atom is 0.0749 e. The molecule has 0 aliphatic heterocycles. The number of nitrogens with zero attached hydrogens (tertiary/aromatic N) is 1. The SMILES string of the molecule is Cc1ccc(C)c2c(Cl)c(Br)cnc12. The number of aryl methyl sites for hydroxylation is 2.